The number of thiophene rings is 1. The molecule has 2 aromatic rings. The quantitative estimate of drug-likeness (QED) is 0.881. The average Bonchev–Trinajstić information content (AvgIpc) is 2.73. The number of hydrogen-bond acceptors (Lipinski definition) is 4. The molecule has 0 aliphatic rings. The number of fused-ring (bicyclic) bond motifs is 1. The van der Waals surface area contributed by atoms with Crippen molar-refractivity contribution in [2.24, 2.45) is 0 Å². The molecule has 4 nitrogen and oxygen atoms in total. The number of amides is 1. The van der Waals surface area contributed by atoms with Gasteiger partial charge in [-0.25, -0.2) is 9.18 Å². The molecule has 0 saturated heterocycles. The summed E-state index contributed by atoms with van der Waals surface area (Å²) in [4.78, 5) is 24.1. The second-order valence-corrected chi connectivity index (χ2v) is 7.10. The van der Waals surface area contributed by atoms with Crippen molar-refractivity contribution in [1.29, 1.82) is 0 Å². The van der Waals surface area contributed by atoms with Crippen molar-refractivity contribution in [1.82, 2.24) is 5.32 Å². The van der Waals surface area contributed by atoms with E-state index in [-0.39, 0.29) is 23.9 Å². The summed E-state index contributed by atoms with van der Waals surface area (Å²) >= 11 is 1.16. The second-order valence-electron chi connectivity index (χ2n) is 6.04. The Labute approximate surface area is 132 Å². The second kappa shape index (κ2) is 6.04. The minimum absolute atomic E-state index is 0.323. The van der Waals surface area contributed by atoms with Crippen LogP contribution in [0, 0.1) is 12.7 Å². The van der Waals surface area contributed by atoms with E-state index in [4.69, 9.17) is 4.74 Å². The molecule has 1 aromatic heterocycles. The van der Waals surface area contributed by atoms with Gasteiger partial charge in [0.2, 0.25) is 0 Å². The maximum absolute atomic E-state index is 13.8. The Balaban J connectivity index is 2.12. The maximum atomic E-state index is 13.8. The van der Waals surface area contributed by atoms with Crippen LogP contribution < -0.4 is 5.32 Å². The number of esters is 1. The molecule has 0 atom stereocenters. The Bertz CT molecular complexity index is 731. The lowest BCUT2D eigenvalue weighted by molar-refractivity contribution is -0.125. The van der Waals surface area contributed by atoms with Gasteiger partial charge < -0.3 is 10.1 Å². The van der Waals surface area contributed by atoms with Gasteiger partial charge in [0.1, 0.15) is 10.7 Å². The smallest absolute Gasteiger partial charge is 0.349 e. The summed E-state index contributed by atoms with van der Waals surface area (Å²) in [6, 6.07) is 4.70. The Morgan fingerprint density at radius 3 is 2.59 bits per heavy atom. The highest BCUT2D eigenvalue weighted by atomic mass is 32.1. The van der Waals surface area contributed by atoms with Crippen LogP contribution in [-0.2, 0) is 9.53 Å². The van der Waals surface area contributed by atoms with Crippen LogP contribution in [-0.4, -0.2) is 24.0 Å². The predicted octanol–water partition coefficient (Wildman–Crippen LogP) is 3.42. The van der Waals surface area contributed by atoms with Crippen molar-refractivity contribution >= 4 is 33.3 Å². The van der Waals surface area contributed by atoms with Gasteiger partial charge in [0, 0.05) is 15.6 Å². The van der Waals surface area contributed by atoms with E-state index in [2.05, 4.69) is 5.32 Å². The number of halogens is 1. The lowest BCUT2D eigenvalue weighted by Gasteiger charge is -2.20. The summed E-state index contributed by atoms with van der Waals surface area (Å²) < 4.78 is 19.5. The van der Waals surface area contributed by atoms with Crippen LogP contribution in [0.3, 0.4) is 0 Å². The lowest BCUT2D eigenvalue weighted by atomic mass is 10.1. The van der Waals surface area contributed by atoms with E-state index in [1.807, 2.05) is 20.8 Å². The zero-order valence-corrected chi connectivity index (χ0v) is 13.8. The maximum Gasteiger partial charge on any atom is 0.349 e. The molecule has 1 aromatic carbocycles. The average molecular weight is 323 g/mol. The molecule has 0 unspecified atom stereocenters. The standard InChI is InChI=1S/C16H18FNO3S/c1-9-13-10(17)6-5-7-11(13)22-14(9)15(20)21-8-12(19)18-16(2,3)4/h5-7H,8H2,1-4H3,(H,18,19). The van der Waals surface area contributed by atoms with Crippen LogP contribution in [0.4, 0.5) is 4.39 Å². The minimum atomic E-state index is -0.609. The van der Waals surface area contributed by atoms with Gasteiger partial charge in [0.15, 0.2) is 6.61 Å². The van der Waals surface area contributed by atoms with Crippen LogP contribution in [0.2, 0.25) is 0 Å². The fraction of sp³-hybridized carbons (Fsp3) is 0.375. The third-order valence-corrected chi connectivity index (χ3v) is 4.17. The molecule has 0 bridgehead atoms. The number of benzene rings is 1. The number of carbonyl (C=O) groups excluding carboxylic acids is 2. The summed E-state index contributed by atoms with van der Waals surface area (Å²) in [7, 11) is 0. The third kappa shape index (κ3) is 3.62. The fourth-order valence-corrected chi connectivity index (χ4v) is 3.22. The summed E-state index contributed by atoms with van der Waals surface area (Å²) in [6.45, 7) is 6.84. The highest BCUT2D eigenvalue weighted by molar-refractivity contribution is 7.21. The number of nitrogens with one attached hydrogen (secondary N) is 1. The first kappa shape index (κ1) is 16.4. The van der Waals surface area contributed by atoms with Gasteiger partial charge in [0.25, 0.3) is 5.91 Å². The van der Waals surface area contributed by atoms with E-state index in [1.54, 1.807) is 19.1 Å². The topological polar surface area (TPSA) is 55.4 Å². The predicted molar refractivity (Wildman–Crippen MR) is 84.7 cm³/mol. The van der Waals surface area contributed by atoms with Crippen LogP contribution in [0.15, 0.2) is 18.2 Å². The van der Waals surface area contributed by atoms with E-state index in [1.165, 1.54) is 6.07 Å². The molecule has 1 amide bonds. The van der Waals surface area contributed by atoms with Crippen LogP contribution in [0.25, 0.3) is 10.1 Å². The minimum Gasteiger partial charge on any atom is -0.451 e. The van der Waals surface area contributed by atoms with Gasteiger partial charge in [-0.2, -0.15) is 0 Å². The first-order valence-electron chi connectivity index (χ1n) is 6.85. The summed E-state index contributed by atoms with van der Waals surface area (Å²) in [5.41, 5.74) is 0.152. The molecule has 0 saturated carbocycles. The summed E-state index contributed by atoms with van der Waals surface area (Å²) in [5, 5.41) is 3.13. The Morgan fingerprint density at radius 1 is 1.32 bits per heavy atom. The van der Waals surface area contributed by atoms with E-state index in [0.717, 1.165) is 11.3 Å². The van der Waals surface area contributed by atoms with Crippen LogP contribution >= 0.6 is 11.3 Å². The van der Waals surface area contributed by atoms with Crippen molar-refractivity contribution in [2.45, 2.75) is 33.2 Å². The zero-order valence-electron chi connectivity index (χ0n) is 13.0. The highest BCUT2D eigenvalue weighted by Gasteiger charge is 2.20. The summed E-state index contributed by atoms with van der Waals surface area (Å²) in [6.07, 6.45) is 0. The highest BCUT2D eigenvalue weighted by Crippen LogP contribution is 2.32. The molecule has 0 aliphatic heterocycles. The van der Waals surface area contributed by atoms with Gasteiger partial charge in [0.05, 0.1) is 0 Å². The number of hydrogen-bond donors (Lipinski definition) is 1. The first-order valence-corrected chi connectivity index (χ1v) is 7.66. The van der Waals surface area contributed by atoms with Crippen molar-refractivity contribution in [3.8, 4) is 0 Å². The zero-order chi connectivity index (χ0) is 16.5. The lowest BCUT2D eigenvalue weighted by Crippen LogP contribution is -2.42. The number of ether oxygens (including phenoxy) is 1. The fourth-order valence-electron chi connectivity index (χ4n) is 2.10. The van der Waals surface area contributed by atoms with Gasteiger partial charge in [-0.15, -0.1) is 11.3 Å². The summed E-state index contributed by atoms with van der Waals surface area (Å²) in [5.74, 6) is -1.34. The molecule has 2 rings (SSSR count). The van der Waals surface area contributed by atoms with Crippen molar-refractivity contribution in [3.05, 3.63) is 34.5 Å². The molecule has 118 valence electrons. The van der Waals surface area contributed by atoms with Gasteiger partial charge in [-0.05, 0) is 45.4 Å². The molecule has 1 N–H and O–H groups in total. The van der Waals surface area contributed by atoms with E-state index < -0.39 is 5.97 Å². The molecule has 1 heterocycles. The Morgan fingerprint density at radius 2 is 2.00 bits per heavy atom. The molecule has 0 spiro atoms. The number of aryl methyl sites for hydroxylation is 1. The van der Waals surface area contributed by atoms with Gasteiger partial charge in [-0.3, -0.25) is 4.79 Å². The monoisotopic (exact) mass is 323 g/mol. The third-order valence-electron chi connectivity index (χ3n) is 2.94. The number of rotatable bonds is 3. The van der Waals surface area contributed by atoms with Crippen molar-refractivity contribution in [3.63, 3.8) is 0 Å². The van der Waals surface area contributed by atoms with E-state index in [9.17, 15) is 14.0 Å². The van der Waals surface area contributed by atoms with E-state index in [0.29, 0.717) is 20.5 Å². The van der Waals surface area contributed by atoms with Crippen LogP contribution in [0.1, 0.15) is 36.0 Å². The van der Waals surface area contributed by atoms with E-state index >= 15 is 0 Å². The molecule has 0 aliphatic carbocycles. The SMILES string of the molecule is Cc1c(C(=O)OCC(=O)NC(C)(C)C)sc2cccc(F)c12. The van der Waals surface area contributed by atoms with Crippen molar-refractivity contribution < 1.29 is 18.7 Å². The van der Waals surface area contributed by atoms with Crippen molar-refractivity contribution in [2.75, 3.05) is 6.61 Å². The van der Waals surface area contributed by atoms with Gasteiger partial charge in [-0.1, -0.05) is 6.07 Å². The molecule has 6 heteroatoms. The number of carbonyl (C=O) groups is 2. The first-order chi connectivity index (χ1) is 10.2. The normalized spacial score (nSPS) is 11.5. The molecule has 22 heavy (non-hydrogen) atoms. The largest absolute Gasteiger partial charge is 0.451 e. The Kier molecular flexibility index (Phi) is 4.51. The molecular formula is C16H18FNO3S. The van der Waals surface area contributed by atoms with Crippen LogP contribution in [0.5, 0.6) is 0 Å². The Hall–Kier alpha value is -1.95. The molecule has 0 radical (unpaired) electrons. The molecule has 0 fully saturated rings. The van der Waals surface area contributed by atoms with Gasteiger partial charge >= 0.3 is 5.97 Å². The molecular weight excluding hydrogens is 305 g/mol.